The number of benzene rings is 2. The zero-order valence-corrected chi connectivity index (χ0v) is 25.1. The Labute approximate surface area is 247 Å². The third kappa shape index (κ3) is 9.71. The third-order valence-corrected chi connectivity index (χ3v) is 7.62. The second-order valence-corrected chi connectivity index (χ2v) is 11.1. The van der Waals surface area contributed by atoms with Crippen LogP contribution >= 0.6 is 11.6 Å². The lowest BCUT2D eigenvalue weighted by molar-refractivity contribution is -0.141. The molecule has 2 aromatic rings. The molecule has 0 unspecified atom stereocenters. The number of ether oxygens (including phenoxy) is 1. The van der Waals surface area contributed by atoms with Crippen LogP contribution in [0.25, 0.3) is 0 Å². The van der Waals surface area contributed by atoms with Crippen molar-refractivity contribution in [2.24, 2.45) is 0 Å². The van der Waals surface area contributed by atoms with Gasteiger partial charge in [-0.25, -0.2) is 4.39 Å². The molecule has 0 saturated heterocycles. The van der Waals surface area contributed by atoms with E-state index in [1.165, 1.54) is 17.0 Å². The van der Waals surface area contributed by atoms with Crippen molar-refractivity contribution < 1.29 is 23.5 Å². The predicted molar refractivity (Wildman–Crippen MR) is 158 cm³/mol. The van der Waals surface area contributed by atoms with Crippen LogP contribution in [0.15, 0.2) is 42.5 Å². The summed E-state index contributed by atoms with van der Waals surface area (Å²) in [5.74, 6) is -0.923. The number of hydrogen-bond acceptors (Lipinski definition) is 5. The number of fused-ring (bicyclic) bond motifs is 1. The quantitative estimate of drug-likeness (QED) is 0.490. The number of nitrogens with zero attached hydrogens (tertiary/aromatic N) is 1. The summed E-state index contributed by atoms with van der Waals surface area (Å²) in [6.07, 6.45) is 3.39. The van der Waals surface area contributed by atoms with Gasteiger partial charge in [-0.2, -0.15) is 0 Å². The molecule has 3 N–H and O–H groups in total. The number of carbonyl (C=O) groups excluding carboxylic acids is 3. The van der Waals surface area contributed by atoms with Gasteiger partial charge in [0, 0.05) is 37.6 Å². The number of nitrogens with one attached hydrogen (secondary N) is 3. The van der Waals surface area contributed by atoms with Crippen LogP contribution in [0.4, 0.5) is 4.39 Å². The Bertz CT molecular complexity index is 1180. The molecule has 1 heterocycles. The summed E-state index contributed by atoms with van der Waals surface area (Å²) in [6, 6.07) is 9.36. The van der Waals surface area contributed by atoms with E-state index in [1.54, 1.807) is 32.2 Å². The standard InChI is InChI=1S/C31H42ClFN4O4/c1-5-6-9-26-31(40)37(4)21(3)29(38)36-27(17-22-10-13-24(32)14-11-22)30(39)34-16-7-8-23-12-15-25(33)18-28(23)41-20(2)19-35-26/h10-15,18,20-21,26-27,35H,5-9,16-17,19H2,1-4H3,(H,34,39)(H,36,38)/t20-,21-,26+,27-/m1/s1. The van der Waals surface area contributed by atoms with Crippen LogP contribution in [0, 0.1) is 5.82 Å². The van der Waals surface area contributed by atoms with Crippen LogP contribution in [0.2, 0.25) is 5.02 Å². The van der Waals surface area contributed by atoms with Crippen LogP contribution in [0.5, 0.6) is 5.75 Å². The fraction of sp³-hybridized carbons (Fsp3) is 0.516. The molecule has 1 aliphatic heterocycles. The molecule has 0 aliphatic carbocycles. The number of hydrogen-bond donors (Lipinski definition) is 3. The molecule has 0 spiro atoms. The van der Waals surface area contributed by atoms with Crippen molar-refractivity contribution in [2.45, 2.75) is 83.5 Å². The zero-order valence-electron chi connectivity index (χ0n) is 24.3. The lowest BCUT2D eigenvalue weighted by Crippen LogP contribution is -2.56. The number of aryl methyl sites for hydroxylation is 1. The van der Waals surface area contributed by atoms with E-state index < -0.39 is 29.8 Å². The van der Waals surface area contributed by atoms with E-state index in [2.05, 4.69) is 22.9 Å². The normalized spacial score (nSPS) is 23.5. The summed E-state index contributed by atoms with van der Waals surface area (Å²) in [6.45, 7) is 6.28. The number of carbonyl (C=O) groups is 3. The smallest absolute Gasteiger partial charge is 0.243 e. The molecule has 0 saturated carbocycles. The summed E-state index contributed by atoms with van der Waals surface area (Å²) in [5, 5.41) is 9.66. The van der Waals surface area contributed by atoms with Crippen molar-refractivity contribution in [1.29, 1.82) is 0 Å². The summed E-state index contributed by atoms with van der Waals surface area (Å²) in [4.78, 5) is 41.5. The van der Waals surface area contributed by atoms with Gasteiger partial charge in [-0.3, -0.25) is 14.4 Å². The molecule has 0 fully saturated rings. The highest BCUT2D eigenvalue weighted by molar-refractivity contribution is 6.30. The van der Waals surface area contributed by atoms with Gasteiger partial charge >= 0.3 is 0 Å². The molecule has 8 nitrogen and oxygen atoms in total. The number of rotatable bonds is 5. The molecule has 41 heavy (non-hydrogen) atoms. The first-order valence-corrected chi connectivity index (χ1v) is 14.7. The maximum Gasteiger partial charge on any atom is 0.243 e. The summed E-state index contributed by atoms with van der Waals surface area (Å²) >= 11 is 6.03. The van der Waals surface area contributed by atoms with Crippen LogP contribution in [-0.2, 0) is 27.2 Å². The molecule has 0 aromatic heterocycles. The van der Waals surface area contributed by atoms with E-state index in [9.17, 15) is 18.8 Å². The van der Waals surface area contributed by atoms with Gasteiger partial charge in [0.2, 0.25) is 17.7 Å². The average Bonchev–Trinajstić information content (AvgIpc) is 2.95. The minimum atomic E-state index is -0.854. The third-order valence-electron chi connectivity index (χ3n) is 7.37. The van der Waals surface area contributed by atoms with Crippen LogP contribution < -0.4 is 20.7 Å². The number of halogens is 2. The molecule has 0 bridgehead atoms. The average molecular weight is 589 g/mol. The van der Waals surface area contributed by atoms with Gasteiger partial charge in [0.1, 0.15) is 29.8 Å². The maximum atomic E-state index is 14.1. The minimum absolute atomic E-state index is 0.223. The SMILES string of the molecule is CCCC[C@@H]1NC[C@@H](C)Oc2cc(F)ccc2CCCNC(=O)[C@@H](Cc2ccc(Cl)cc2)NC(=O)[C@@H](C)N(C)C1=O. The van der Waals surface area contributed by atoms with E-state index in [1.807, 2.05) is 19.1 Å². The van der Waals surface area contributed by atoms with E-state index in [0.29, 0.717) is 43.1 Å². The van der Waals surface area contributed by atoms with E-state index >= 15 is 0 Å². The van der Waals surface area contributed by atoms with Gasteiger partial charge in [0.05, 0.1) is 6.04 Å². The van der Waals surface area contributed by atoms with E-state index in [0.717, 1.165) is 24.0 Å². The monoisotopic (exact) mass is 588 g/mol. The van der Waals surface area contributed by atoms with Gasteiger partial charge in [-0.05, 0) is 62.4 Å². The Morgan fingerprint density at radius 3 is 2.49 bits per heavy atom. The van der Waals surface area contributed by atoms with Crippen LogP contribution in [0.3, 0.4) is 0 Å². The van der Waals surface area contributed by atoms with E-state index in [4.69, 9.17) is 16.3 Å². The minimum Gasteiger partial charge on any atom is -0.489 e. The van der Waals surface area contributed by atoms with Crippen LogP contribution in [-0.4, -0.2) is 67.0 Å². The number of amides is 3. The molecular formula is C31H42ClFN4O4. The molecule has 0 radical (unpaired) electrons. The molecule has 4 atom stereocenters. The van der Waals surface area contributed by atoms with Crippen molar-refractivity contribution in [1.82, 2.24) is 20.9 Å². The summed E-state index contributed by atoms with van der Waals surface area (Å²) in [7, 11) is 1.60. The fourth-order valence-electron chi connectivity index (χ4n) is 4.72. The largest absolute Gasteiger partial charge is 0.489 e. The Kier molecular flexibility index (Phi) is 12.4. The van der Waals surface area contributed by atoms with Crippen molar-refractivity contribution >= 4 is 29.3 Å². The molecule has 1 aliphatic rings. The summed E-state index contributed by atoms with van der Waals surface area (Å²) < 4.78 is 20.2. The van der Waals surface area contributed by atoms with Gasteiger partial charge in [0.25, 0.3) is 0 Å². The first-order valence-electron chi connectivity index (χ1n) is 14.4. The highest BCUT2D eigenvalue weighted by atomic mass is 35.5. The Balaban J connectivity index is 1.88. The van der Waals surface area contributed by atoms with Gasteiger partial charge in [-0.1, -0.05) is 49.6 Å². The molecular weight excluding hydrogens is 547 g/mol. The van der Waals surface area contributed by atoms with Crippen molar-refractivity contribution in [2.75, 3.05) is 20.1 Å². The van der Waals surface area contributed by atoms with Gasteiger partial charge < -0.3 is 25.6 Å². The Hall–Kier alpha value is -3.17. The first kappa shape index (κ1) is 32.3. The highest BCUT2D eigenvalue weighted by Gasteiger charge is 2.31. The van der Waals surface area contributed by atoms with Gasteiger partial charge in [0.15, 0.2) is 0 Å². The molecule has 3 amide bonds. The molecule has 3 rings (SSSR count). The predicted octanol–water partition coefficient (Wildman–Crippen LogP) is 4.03. The topological polar surface area (TPSA) is 99.8 Å². The number of likely N-dealkylation sites (N-methyl/N-ethyl adjacent to an activating group) is 1. The number of unbranched alkanes of at least 4 members (excludes halogenated alkanes) is 1. The fourth-order valence-corrected chi connectivity index (χ4v) is 4.84. The first-order chi connectivity index (χ1) is 19.6. The molecule has 224 valence electrons. The lowest BCUT2D eigenvalue weighted by Gasteiger charge is -2.31. The zero-order chi connectivity index (χ0) is 29.9. The van der Waals surface area contributed by atoms with Crippen LogP contribution in [0.1, 0.15) is 57.6 Å². The van der Waals surface area contributed by atoms with Crippen molar-refractivity contribution in [3.63, 3.8) is 0 Å². The second-order valence-electron chi connectivity index (χ2n) is 10.7. The molecule has 10 heteroatoms. The lowest BCUT2D eigenvalue weighted by atomic mass is 10.0. The maximum absolute atomic E-state index is 14.1. The van der Waals surface area contributed by atoms with Gasteiger partial charge in [-0.15, -0.1) is 0 Å². The highest BCUT2D eigenvalue weighted by Crippen LogP contribution is 2.23. The molecule has 2 aromatic carbocycles. The Morgan fingerprint density at radius 1 is 1.05 bits per heavy atom. The van der Waals surface area contributed by atoms with Crippen molar-refractivity contribution in [3.8, 4) is 5.75 Å². The summed E-state index contributed by atoms with van der Waals surface area (Å²) in [5.41, 5.74) is 1.66. The van der Waals surface area contributed by atoms with E-state index in [-0.39, 0.29) is 24.3 Å². The van der Waals surface area contributed by atoms with Crippen molar-refractivity contribution in [3.05, 3.63) is 64.4 Å². The second kappa shape index (κ2) is 15.7. The Morgan fingerprint density at radius 2 is 1.78 bits per heavy atom.